The minimum absolute atomic E-state index is 0.105. The van der Waals surface area contributed by atoms with Crippen molar-refractivity contribution in [3.63, 3.8) is 0 Å². The normalized spacial score (nSPS) is 26.6. The van der Waals surface area contributed by atoms with Crippen molar-refractivity contribution in [2.24, 2.45) is 5.92 Å². The highest BCUT2D eigenvalue weighted by Gasteiger charge is 2.29. The Bertz CT molecular complexity index is 268. The molecule has 2 aliphatic rings. The van der Waals surface area contributed by atoms with Crippen LogP contribution in [0.25, 0.3) is 0 Å². The molecular weight excluding hydrogens is 208 g/mol. The summed E-state index contributed by atoms with van der Waals surface area (Å²) < 4.78 is 4.91. The Balaban J connectivity index is 1.79. The quantitative estimate of drug-likeness (QED) is 0.504. The maximum Gasteiger partial charge on any atom is 0.330 e. The Hall–Kier alpha value is -0.940. The lowest BCUT2D eigenvalue weighted by molar-refractivity contribution is -0.164. The van der Waals surface area contributed by atoms with Gasteiger partial charge < -0.3 is 15.4 Å². The summed E-state index contributed by atoms with van der Waals surface area (Å²) in [7, 11) is 0. The molecule has 5 nitrogen and oxygen atoms in total. The van der Waals surface area contributed by atoms with E-state index in [9.17, 15) is 9.59 Å². The van der Waals surface area contributed by atoms with Crippen LogP contribution in [0.1, 0.15) is 25.7 Å². The smallest absolute Gasteiger partial charge is 0.330 e. The predicted molar refractivity (Wildman–Crippen MR) is 57.7 cm³/mol. The van der Waals surface area contributed by atoms with E-state index in [0.29, 0.717) is 0 Å². The van der Waals surface area contributed by atoms with Crippen LogP contribution in [-0.2, 0) is 14.3 Å². The van der Waals surface area contributed by atoms with Crippen LogP contribution < -0.4 is 10.6 Å². The minimum atomic E-state index is -0.402. The van der Waals surface area contributed by atoms with E-state index in [1.165, 1.54) is 0 Å². The van der Waals surface area contributed by atoms with E-state index in [-0.39, 0.29) is 17.9 Å². The number of hydrogen-bond acceptors (Lipinski definition) is 5. The summed E-state index contributed by atoms with van der Waals surface area (Å²) in [6, 6.07) is -0.273. The highest BCUT2D eigenvalue weighted by atomic mass is 16.6. The topological polar surface area (TPSA) is 67.4 Å². The largest absolute Gasteiger partial charge is 0.392 e. The van der Waals surface area contributed by atoms with E-state index in [2.05, 4.69) is 10.6 Å². The molecule has 2 saturated heterocycles. The fourth-order valence-electron chi connectivity index (χ4n) is 2.20. The maximum absolute atomic E-state index is 11.7. The molecule has 90 valence electrons. The molecule has 0 radical (unpaired) electrons. The number of carbonyl (C=O) groups excluding carboxylic acids is 2. The van der Waals surface area contributed by atoms with Crippen LogP contribution in [0.4, 0.5) is 0 Å². The molecule has 0 aliphatic carbocycles. The first-order valence-electron chi connectivity index (χ1n) is 5.97. The lowest BCUT2D eigenvalue weighted by Gasteiger charge is -2.21. The lowest BCUT2D eigenvalue weighted by Crippen LogP contribution is -2.38. The fraction of sp³-hybridized carbons (Fsp3) is 0.818. The van der Waals surface area contributed by atoms with Crippen molar-refractivity contribution in [3.8, 4) is 0 Å². The summed E-state index contributed by atoms with van der Waals surface area (Å²) >= 11 is 0. The molecule has 2 rings (SSSR count). The van der Waals surface area contributed by atoms with E-state index < -0.39 is 5.97 Å². The van der Waals surface area contributed by atoms with Crippen LogP contribution in [0.2, 0.25) is 0 Å². The van der Waals surface area contributed by atoms with Crippen LogP contribution >= 0.6 is 0 Å². The zero-order valence-corrected chi connectivity index (χ0v) is 9.33. The summed E-state index contributed by atoms with van der Waals surface area (Å²) in [4.78, 5) is 23.2. The Morgan fingerprint density at radius 2 is 1.75 bits per heavy atom. The molecule has 2 aliphatic heterocycles. The maximum atomic E-state index is 11.7. The van der Waals surface area contributed by atoms with Gasteiger partial charge in [-0.25, -0.2) is 4.79 Å². The van der Waals surface area contributed by atoms with Crippen molar-refractivity contribution < 1.29 is 14.3 Å². The van der Waals surface area contributed by atoms with Crippen molar-refractivity contribution >= 4 is 11.9 Å². The number of esters is 2. The van der Waals surface area contributed by atoms with E-state index in [1.54, 1.807) is 0 Å². The average molecular weight is 226 g/mol. The van der Waals surface area contributed by atoms with E-state index in [1.807, 2.05) is 0 Å². The zero-order valence-electron chi connectivity index (χ0n) is 9.33. The van der Waals surface area contributed by atoms with E-state index in [4.69, 9.17) is 4.74 Å². The molecule has 5 heteroatoms. The van der Waals surface area contributed by atoms with Crippen molar-refractivity contribution in [1.82, 2.24) is 10.6 Å². The number of carbonyl (C=O) groups is 2. The number of ether oxygens (including phenoxy) is 1. The third kappa shape index (κ3) is 2.80. The molecule has 0 aromatic carbocycles. The monoisotopic (exact) mass is 226 g/mol. The predicted octanol–water partition coefficient (Wildman–Crippen LogP) is -0.192. The molecule has 2 heterocycles. The average Bonchev–Trinajstić information content (AvgIpc) is 2.83. The zero-order chi connectivity index (χ0) is 11.4. The number of hydrogen-bond donors (Lipinski definition) is 2. The Morgan fingerprint density at radius 1 is 1.00 bits per heavy atom. The number of nitrogens with one attached hydrogen (secondary N) is 2. The molecule has 0 aromatic heterocycles. The second-order valence-corrected chi connectivity index (χ2v) is 4.41. The van der Waals surface area contributed by atoms with Gasteiger partial charge in [0, 0.05) is 0 Å². The van der Waals surface area contributed by atoms with Crippen molar-refractivity contribution in [2.75, 3.05) is 19.6 Å². The summed E-state index contributed by atoms with van der Waals surface area (Å²) in [5, 5.41) is 6.20. The van der Waals surface area contributed by atoms with Gasteiger partial charge >= 0.3 is 11.9 Å². The van der Waals surface area contributed by atoms with Crippen LogP contribution in [0, 0.1) is 5.92 Å². The van der Waals surface area contributed by atoms with Crippen LogP contribution in [0.3, 0.4) is 0 Å². The highest BCUT2D eigenvalue weighted by Crippen LogP contribution is 2.15. The van der Waals surface area contributed by atoms with Crippen LogP contribution in [0.15, 0.2) is 0 Å². The molecule has 0 bridgehead atoms. The number of piperidine rings is 1. The van der Waals surface area contributed by atoms with Crippen LogP contribution in [0.5, 0.6) is 0 Å². The Morgan fingerprint density at radius 3 is 2.38 bits per heavy atom. The second kappa shape index (κ2) is 5.41. The van der Waals surface area contributed by atoms with Crippen molar-refractivity contribution in [3.05, 3.63) is 0 Å². The summed E-state index contributed by atoms with van der Waals surface area (Å²) in [5.41, 5.74) is 0. The molecule has 1 atom stereocenters. The third-order valence-electron chi connectivity index (χ3n) is 3.22. The first-order valence-corrected chi connectivity index (χ1v) is 5.97. The third-order valence-corrected chi connectivity index (χ3v) is 3.22. The van der Waals surface area contributed by atoms with Gasteiger partial charge in [-0.1, -0.05) is 0 Å². The molecule has 1 unspecified atom stereocenters. The standard InChI is InChI=1S/C11H18N2O3/c14-10(8-3-6-12-7-4-8)16-11(15)9-2-1-5-13-9/h8-9,12-13H,1-7H2. The van der Waals surface area contributed by atoms with Gasteiger partial charge in [-0.05, 0) is 45.3 Å². The lowest BCUT2D eigenvalue weighted by atomic mass is 9.98. The van der Waals surface area contributed by atoms with Gasteiger partial charge in [0.15, 0.2) is 0 Å². The van der Waals surface area contributed by atoms with Gasteiger partial charge in [-0.3, -0.25) is 4.79 Å². The van der Waals surface area contributed by atoms with Gasteiger partial charge in [0.05, 0.1) is 5.92 Å². The number of rotatable bonds is 2. The van der Waals surface area contributed by atoms with Gasteiger partial charge in [0.1, 0.15) is 6.04 Å². The molecule has 0 amide bonds. The Kier molecular flexibility index (Phi) is 3.90. The molecule has 2 N–H and O–H groups in total. The first-order chi connectivity index (χ1) is 7.77. The van der Waals surface area contributed by atoms with Crippen LogP contribution in [-0.4, -0.2) is 37.6 Å². The summed E-state index contributed by atoms with van der Waals surface area (Å²) in [5.74, 6) is -0.854. The van der Waals surface area contributed by atoms with E-state index >= 15 is 0 Å². The first kappa shape index (κ1) is 11.5. The molecule has 0 spiro atoms. The molecule has 16 heavy (non-hydrogen) atoms. The second-order valence-electron chi connectivity index (χ2n) is 4.41. The van der Waals surface area contributed by atoms with Gasteiger partial charge in [-0.2, -0.15) is 0 Å². The van der Waals surface area contributed by atoms with E-state index in [0.717, 1.165) is 45.3 Å². The molecule has 0 aromatic rings. The SMILES string of the molecule is O=C(OC(=O)C1CCCN1)C1CCNCC1. The molecule has 0 saturated carbocycles. The molecule has 2 fully saturated rings. The summed E-state index contributed by atoms with van der Waals surface area (Å²) in [6.07, 6.45) is 3.29. The van der Waals surface area contributed by atoms with Crippen molar-refractivity contribution in [1.29, 1.82) is 0 Å². The minimum Gasteiger partial charge on any atom is -0.392 e. The molecular formula is C11H18N2O3. The van der Waals surface area contributed by atoms with Gasteiger partial charge in [0.25, 0.3) is 0 Å². The highest BCUT2D eigenvalue weighted by molar-refractivity contribution is 5.89. The summed E-state index contributed by atoms with van der Waals surface area (Å²) in [6.45, 7) is 2.49. The van der Waals surface area contributed by atoms with Gasteiger partial charge in [-0.15, -0.1) is 0 Å². The fourth-order valence-corrected chi connectivity index (χ4v) is 2.20. The van der Waals surface area contributed by atoms with Crippen molar-refractivity contribution in [2.45, 2.75) is 31.7 Å². The Labute approximate surface area is 94.9 Å². The van der Waals surface area contributed by atoms with Gasteiger partial charge in [0.2, 0.25) is 0 Å².